The van der Waals surface area contributed by atoms with E-state index in [4.69, 9.17) is 10.7 Å². The standard InChI is InChI=1S/C31H36FN9/c1-38-14-16-40(17-15-38)22-10-12-23(13-11-22)41-18-24(27-29(33)34-19-35-30(27)41)20-6-8-21(9-7-20)36-31-37-28-25(32)4-3-5-26(28)39(31)2/h3-9,18-19,22-23H,10-17H2,1-2H3,(H,36,37)(H2,33,34,35)/t22-,23+. The first-order valence-corrected chi connectivity index (χ1v) is 14.5. The number of piperazine rings is 1. The molecule has 9 nitrogen and oxygen atoms in total. The van der Waals surface area contributed by atoms with Crippen LogP contribution in [0.25, 0.3) is 33.2 Å². The smallest absolute Gasteiger partial charge is 0.208 e. The largest absolute Gasteiger partial charge is 0.383 e. The maximum Gasteiger partial charge on any atom is 0.208 e. The zero-order valence-electron chi connectivity index (χ0n) is 23.6. The lowest BCUT2D eigenvalue weighted by molar-refractivity contribution is 0.0828. The Morgan fingerprint density at radius 1 is 0.902 bits per heavy atom. The van der Waals surface area contributed by atoms with Crippen LogP contribution in [0.3, 0.4) is 0 Å². The number of likely N-dealkylation sites (N-methyl/N-ethyl adjacent to an activating group) is 1. The summed E-state index contributed by atoms with van der Waals surface area (Å²) in [4.78, 5) is 18.6. The zero-order valence-corrected chi connectivity index (χ0v) is 23.6. The maximum absolute atomic E-state index is 14.2. The van der Waals surface area contributed by atoms with Crippen LogP contribution in [0.5, 0.6) is 0 Å². The Morgan fingerprint density at radius 2 is 1.63 bits per heavy atom. The van der Waals surface area contributed by atoms with E-state index in [2.05, 4.69) is 55.0 Å². The molecule has 7 rings (SSSR count). The molecule has 0 amide bonds. The zero-order chi connectivity index (χ0) is 28.1. The van der Waals surface area contributed by atoms with E-state index in [1.54, 1.807) is 12.4 Å². The van der Waals surface area contributed by atoms with Gasteiger partial charge in [-0.15, -0.1) is 0 Å². The molecule has 1 aliphatic carbocycles. The topological polar surface area (TPSA) is 93.1 Å². The predicted octanol–water partition coefficient (Wildman–Crippen LogP) is 5.18. The van der Waals surface area contributed by atoms with Crippen LogP contribution >= 0.6 is 0 Å². The third kappa shape index (κ3) is 4.70. The number of fused-ring (bicyclic) bond motifs is 2. The first kappa shape index (κ1) is 25.9. The molecule has 10 heteroatoms. The number of hydrogen-bond acceptors (Lipinski definition) is 7. The molecule has 2 aromatic carbocycles. The van der Waals surface area contributed by atoms with Crippen molar-refractivity contribution in [2.45, 2.75) is 37.8 Å². The molecule has 1 aliphatic heterocycles. The van der Waals surface area contributed by atoms with Gasteiger partial charge in [0.1, 0.15) is 23.3 Å². The quantitative estimate of drug-likeness (QED) is 0.310. The Balaban J connectivity index is 1.13. The van der Waals surface area contributed by atoms with Crippen LogP contribution in [0, 0.1) is 5.82 Å². The molecule has 3 aromatic heterocycles. The van der Waals surface area contributed by atoms with Crippen molar-refractivity contribution < 1.29 is 4.39 Å². The van der Waals surface area contributed by atoms with Gasteiger partial charge in [-0.1, -0.05) is 18.2 Å². The lowest BCUT2D eigenvalue weighted by Crippen LogP contribution is -2.49. The van der Waals surface area contributed by atoms with Crippen molar-refractivity contribution in [2.24, 2.45) is 7.05 Å². The van der Waals surface area contributed by atoms with E-state index in [0.29, 0.717) is 29.4 Å². The van der Waals surface area contributed by atoms with Crippen molar-refractivity contribution in [3.05, 3.63) is 60.8 Å². The van der Waals surface area contributed by atoms with Gasteiger partial charge in [0.15, 0.2) is 5.82 Å². The van der Waals surface area contributed by atoms with Gasteiger partial charge < -0.3 is 25.1 Å². The normalized spacial score (nSPS) is 20.7. The molecular weight excluding hydrogens is 517 g/mol. The van der Waals surface area contributed by atoms with Gasteiger partial charge in [-0.25, -0.2) is 19.3 Å². The van der Waals surface area contributed by atoms with Crippen LogP contribution in [0.1, 0.15) is 31.7 Å². The highest BCUT2D eigenvalue weighted by Crippen LogP contribution is 2.39. The average Bonchev–Trinajstić information content (AvgIpc) is 3.54. The second-order valence-corrected chi connectivity index (χ2v) is 11.5. The van der Waals surface area contributed by atoms with Crippen molar-refractivity contribution >= 4 is 39.5 Å². The van der Waals surface area contributed by atoms with E-state index >= 15 is 0 Å². The van der Waals surface area contributed by atoms with Crippen LogP contribution < -0.4 is 11.1 Å². The SMILES string of the molecule is CN1CCN([C@H]2CC[C@@H](n3cc(-c4ccc(Nc5nc6c(F)cccc6n5C)cc4)c4c(N)ncnc43)CC2)CC1. The highest BCUT2D eigenvalue weighted by molar-refractivity contribution is 6.00. The number of aryl methyl sites for hydroxylation is 1. The fourth-order valence-electron chi connectivity index (χ4n) is 6.65. The Labute approximate surface area is 238 Å². The van der Waals surface area contributed by atoms with Crippen LogP contribution in [-0.4, -0.2) is 73.2 Å². The molecule has 212 valence electrons. The number of halogens is 1. The highest BCUT2D eigenvalue weighted by atomic mass is 19.1. The van der Waals surface area contributed by atoms with E-state index in [1.807, 2.05) is 29.8 Å². The molecule has 2 fully saturated rings. The van der Waals surface area contributed by atoms with Crippen molar-refractivity contribution in [1.29, 1.82) is 0 Å². The summed E-state index contributed by atoms with van der Waals surface area (Å²) >= 11 is 0. The van der Waals surface area contributed by atoms with Crippen molar-refractivity contribution in [3.63, 3.8) is 0 Å². The fraction of sp³-hybridized carbons (Fsp3) is 0.387. The van der Waals surface area contributed by atoms with Crippen LogP contribution in [0.15, 0.2) is 55.0 Å². The number of benzene rings is 2. The predicted molar refractivity (Wildman–Crippen MR) is 162 cm³/mol. The average molecular weight is 554 g/mol. The summed E-state index contributed by atoms with van der Waals surface area (Å²) in [6.45, 7) is 4.66. The van der Waals surface area contributed by atoms with E-state index in [-0.39, 0.29) is 5.82 Å². The lowest BCUT2D eigenvalue weighted by atomic mass is 9.89. The Morgan fingerprint density at radius 3 is 2.37 bits per heavy atom. The molecule has 0 spiro atoms. The van der Waals surface area contributed by atoms with Crippen molar-refractivity contribution in [1.82, 2.24) is 33.9 Å². The first-order chi connectivity index (χ1) is 20.0. The number of nitrogen functional groups attached to an aromatic ring is 1. The van der Waals surface area contributed by atoms with Gasteiger partial charge in [0.05, 0.1) is 10.9 Å². The van der Waals surface area contributed by atoms with Gasteiger partial charge in [0.25, 0.3) is 0 Å². The first-order valence-electron chi connectivity index (χ1n) is 14.5. The second-order valence-electron chi connectivity index (χ2n) is 11.5. The van der Waals surface area contributed by atoms with Gasteiger partial charge in [-0.05, 0) is 62.6 Å². The monoisotopic (exact) mass is 553 g/mol. The Hall–Kier alpha value is -4.02. The van der Waals surface area contributed by atoms with E-state index in [1.165, 1.54) is 32.0 Å². The third-order valence-electron chi connectivity index (χ3n) is 9.07. The van der Waals surface area contributed by atoms with Crippen LogP contribution in [-0.2, 0) is 7.05 Å². The van der Waals surface area contributed by atoms with E-state index in [0.717, 1.165) is 59.3 Å². The van der Waals surface area contributed by atoms with Gasteiger partial charge in [-0.2, -0.15) is 0 Å². The number of rotatable bonds is 5. The molecule has 4 heterocycles. The summed E-state index contributed by atoms with van der Waals surface area (Å²) in [7, 11) is 4.09. The van der Waals surface area contributed by atoms with E-state index in [9.17, 15) is 4.39 Å². The van der Waals surface area contributed by atoms with Crippen molar-refractivity contribution in [2.75, 3.05) is 44.3 Å². The highest BCUT2D eigenvalue weighted by Gasteiger charge is 2.30. The molecule has 41 heavy (non-hydrogen) atoms. The molecule has 0 bridgehead atoms. The van der Waals surface area contributed by atoms with Crippen LogP contribution in [0.2, 0.25) is 0 Å². The molecule has 2 aliphatic rings. The second kappa shape index (κ2) is 10.4. The number of aromatic nitrogens is 5. The summed E-state index contributed by atoms with van der Waals surface area (Å²) in [6, 6.07) is 14.2. The summed E-state index contributed by atoms with van der Waals surface area (Å²) in [5.74, 6) is 0.753. The van der Waals surface area contributed by atoms with Gasteiger partial charge in [0, 0.05) is 62.8 Å². The molecule has 3 N–H and O–H groups in total. The van der Waals surface area contributed by atoms with Gasteiger partial charge in [-0.3, -0.25) is 4.90 Å². The molecule has 1 saturated heterocycles. The minimum absolute atomic E-state index is 0.328. The number of nitrogens with one attached hydrogen (secondary N) is 1. The van der Waals surface area contributed by atoms with E-state index < -0.39 is 0 Å². The third-order valence-corrected chi connectivity index (χ3v) is 9.07. The number of para-hydroxylation sites is 1. The Bertz CT molecular complexity index is 1690. The van der Waals surface area contributed by atoms with Gasteiger partial charge in [0.2, 0.25) is 5.95 Å². The lowest BCUT2D eigenvalue weighted by Gasteiger charge is -2.41. The molecule has 1 saturated carbocycles. The number of nitrogens with two attached hydrogens (primary N) is 1. The Kier molecular flexibility index (Phi) is 6.59. The van der Waals surface area contributed by atoms with Crippen LogP contribution in [0.4, 0.5) is 21.8 Å². The fourth-order valence-corrected chi connectivity index (χ4v) is 6.65. The number of anilines is 3. The molecule has 0 unspecified atom stereocenters. The summed E-state index contributed by atoms with van der Waals surface area (Å²) in [5.41, 5.74) is 11.4. The molecule has 5 aromatic rings. The number of hydrogen-bond donors (Lipinski definition) is 2. The summed E-state index contributed by atoms with van der Waals surface area (Å²) in [6.07, 6.45) is 8.46. The maximum atomic E-state index is 14.2. The minimum atomic E-state index is -0.328. The van der Waals surface area contributed by atoms with Gasteiger partial charge >= 0.3 is 0 Å². The summed E-state index contributed by atoms with van der Waals surface area (Å²) < 4.78 is 18.4. The summed E-state index contributed by atoms with van der Waals surface area (Å²) in [5, 5.41) is 4.23. The molecule has 0 atom stereocenters. The molecular formula is C31H36FN9. The number of nitrogens with zero attached hydrogens (tertiary/aromatic N) is 7. The van der Waals surface area contributed by atoms with Crippen molar-refractivity contribution in [3.8, 4) is 11.1 Å². The number of imidazole rings is 1. The minimum Gasteiger partial charge on any atom is -0.383 e. The molecule has 0 radical (unpaired) electrons.